The Hall–Kier alpha value is -1.25. The molecule has 2 rings (SSSR count). The predicted molar refractivity (Wildman–Crippen MR) is 57.0 cm³/mol. The number of carbonyl (C=O) groups is 1. The summed E-state index contributed by atoms with van der Waals surface area (Å²) in [5.74, 6) is -0.505. The van der Waals surface area contributed by atoms with Crippen LogP contribution in [0.5, 0.6) is 0 Å². The summed E-state index contributed by atoms with van der Waals surface area (Å²) < 4.78 is 25.8. The first-order valence-corrected chi connectivity index (χ1v) is 5.63. The number of Topliss-reactive ketones (excluding diaryl/α,β-unsaturated/α-hetero) is 1. The van der Waals surface area contributed by atoms with E-state index in [2.05, 4.69) is 0 Å². The van der Waals surface area contributed by atoms with Gasteiger partial charge >= 0.3 is 0 Å². The molecule has 1 fully saturated rings. The Morgan fingerprint density at radius 1 is 1.31 bits per heavy atom. The third kappa shape index (κ3) is 2.87. The highest BCUT2D eigenvalue weighted by atomic mass is 19.1. The number of halogens is 2. The molecule has 0 heterocycles. The molecule has 1 aliphatic carbocycles. The molecule has 0 spiro atoms. The van der Waals surface area contributed by atoms with Crippen molar-refractivity contribution < 1.29 is 13.6 Å². The van der Waals surface area contributed by atoms with Crippen molar-refractivity contribution in [3.63, 3.8) is 0 Å². The monoisotopic (exact) mass is 224 g/mol. The Bertz CT molecular complexity index is 397. The molecule has 16 heavy (non-hydrogen) atoms. The Morgan fingerprint density at radius 2 is 2.06 bits per heavy atom. The van der Waals surface area contributed by atoms with E-state index in [0.717, 1.165) is 18.9 Å². The van der Waals surface area contributed by atoms with Crippen molar-refractivity contribution in [3.05, 3.63) is 35.4 Å². The SMILES string of the molecule is O=C(CCCc1ccc(F)cc1F)C1CC1. The van der Waals surface area contributed by atoms with Gasteiger partial charge in [0, 0.05) is 18.4 Å². The second kappa shape index (κ2) is 4.73. The summed E-state index contributed by atoms with van der Waals surface area (Å²) in [5.41, 5.74) is 0.491. The van der Waals surface area contributed by atoms with E-state index in [9.17, 15) is 13.6 Å². The van der Waals surface area contributed by atoms with Gasteiger partial charge in [0.2, 0.25) is 0 Å². The number of benzene rings is 1. The van der Waals surface area contributed by atoms with E-state index < -0.39 is 11.6 Å². The summed E-state index contributed by atoms with van der Waals surface area (Å²) in [7, 11) is 0. The normalized spacial score (nSPS) is 15.1. The molecule has 0 N–H and O–H groups in total. The highest BCUT2D eigenvalue weighted by Gasteiger charge is 2.28. The smallest absolute Gasteiger partial charge is 0.135 e. The predicted octanol–water partition coefficient (Wildman–Crippen LogP) is 3.27. The second-order valence-corrected chi connectivity index (χ2v) is 4.33. The van der Waals surface area contributed by atoms with Gasteiger partial charge in [-0.05, 0) is 37.3 Å². The lowest BCUT2D eigenvalue weighted by Gasteiger charge is -2.02. The van der Waals surface area contributed by atoms with Gasteiger partial charge in [-0.25, -0.2) is 8.78 Å². The van der Waals surface area contributed by atoms with E-state index >= 15 is 0 Å². The van der Waals surface area contributed by atoms with Gasteiger partial charge in [-0.1, -0.05) is 6.07 Å². The van der Waals surface area contributed by atoms with Crippen LogP contribution < -0.4 is 0 Å². The molecule has 0 saturated heterocycles. The number of rotatable bonds is 5. The summed E-state index contributed by atoms with van der Waals surface area (Å²) in [5, 5.41) is 0. The van der Waals surface area contributed by atoms with Gasteiger partial charge in [0.25, 0.3) is 0 Å². The van der Waals surface area contributed by atoms with Crippen LogP contribution in [0, 0.1) is 17.6 Å². The van der Waals surface area contributed by atoms with Gasteiger partial charge in [-0.15, -0.1) is 0 Å². The molecular weight excluding hydrogens is 210 g/mol. The maximum Gasteiger partial charge on any atom is 0.135 e. The maximum atomic E-state index is 13.2. The quantitative estimate of drug-likeness (QED) is 0.750. The number of carbonyl (C=O) groups excluding carboxylic acids is 1. The zero-order valence-electron chi connectivity index (χ0n) is 9.01. The van der Waals surface area contributed by atoms with E-state index in [1.807, 2.05) is 0 Å². The fourth-order valence-corrected chi connectivity index (χ4v) is 1.79. The van der Waals surface area contributed by atoms with Crippen LogP contribution in [0.25, 0.3) is 0 Å². The van der Waals surface area contributed by atoms with Crippen LogP contribution in [0.2, 0.25) is 0 Å². The topological polar surface area (TPSA) is 17.1 Å². The minimum atomic E-state index is -0.560. The Labute approximate surface area is 93.5 Å². The van der Waals surface area contributed by atoms with E-state index in [0.29, 0.717) is 30.6 Å². The molecule has 1 aliphatic rings. The molecule has 1 aromatic carbocycles. The van der Waals surface area contributed by atoms with Crippen LogP contribution in [0.4, 0.5) is 8.78 Å². The number of hydrogen-bond donors (Lipinski definition) is 0. The lowest BCUT2D eigenvalue weighted by atomic mass is 10.0. The lowest BCUT2D eigenvalue weighted by Crippen LogP contribution is -2.01. The van der Waals surface area contributed by atoms with Crippen molar-refractivity contribution in [2.24, 2.45) is 5.92 Å². The third-order valence-electron chi connectivity index (χ3n) is 2.92. The van der Waals surface area contributed by atoms with E-state index in [-0.39, 0.29) is 5.92 Å². The molecule has 0 aliphatic heterocycles. The van der Waals surface area contributed by atoms with Gasteiger partial charge in [0.1, 0.15) is 17.4 Å². The molecule has 0 atom stereocenters. The average Bonchev–Trinajstić information content (AvgIpc) is 3.04. The molecule has 0 bridgehead atoms. The first-order valence-electron chi connectivity index (χ1n) is 5.63. The zero-order chi connectivity index (χ0) is 11.5. The Morgan fingerprint density at radius 3 is 2.69 bits per heavy atom. The van der Waals surface area contributed by atoms with Gasteiger partial charge < -0.3 is 0 Å². The summed E-state index contributed by atoms with van der Waals surface area (Å²) in [6.07, 6.45) is 3.71. The summed E-state index contributed by atoms with van der Waals surface area (Å²) >= 11 is 0. The zero-order valence-corrected chi connectivity index (χ0v) is 9.01. The highest BCUT2D eigenvalue weighted by Crippen LogP contribution is 2.31. The van der Waals surface area contributed by atoms with Crippen LogP contribution in [0.15, 0.2) is 18.2 Å². The molecular formula is C13H14F2O. The van der Waals surface area contributed by atoms with Crippen molar-refractivity contribution in [3.8, 4) is 0 Å². The fraction of sp³-hybridized carbons (Fsp3) is 0.462. The Kier molecular flexibility index (Phi) is 3.32. The minimum absolute atomic E-state index is 0.276. The third-order valence-corrected chi connectivity index (χ3v) is 2.92. The number of ketones is 1. The molecule has 1 aromatic rings. The number of aryl methyl sites for hydroxylation is 1. The molecule has 0 unspecified atom stereocenters. The Balaban J connectivity index is 1.82. The fourth-order valence-electron chi connectivity index (χ4n) is 1.79. The second-order valence-electron chi connectivity index (χ2n) is 4.33. The van der Waals surface area contributed by atoms with Crippen molar-refractivity contribution in [1.29, 1.82) is 0 Å². The van der Waals surface area contributed by atoms with E-state index in [1.54, 1.807) is 0 Å². The van der Waals surface area contributed by atoms with Gasteiger partial charge in [0.05, 0.1) is 0 Å². The van der Waals surface area contributed by atoms with Crippen LogP contribution in [-0.4, -0.2) is 5.78 Å². The molecule has 1 nitrogen and oxygen atoms in total. The van der Waals surface area contributed by atoms with Crippen LogP contribution in [-0.2, 0) is 11.2 Å². The van der Waals surface area contributed by atoms with Gasteiger partial charge in [0.15, 0.2) is 0 Å². The van der Waals surface area contributed by atoms with Crippen molar-refractivity contribution in [2.75, 3.05) is 0 Å². The standard InChI is InChI=1S/C13H14F2O/c14-11-7-6-9(12(15)8-11)2-1-3-13(16)10-4-5-10/h6-8,10H,1-5H2. The summed E-state index contributed by atoms with van der Waals surface area (Å²) in [4.78, 5) is 11.4. The minimum Gasteiger partial charge on any atom is -0.299 e. The summed E-state index contributed by atoms with van der Waals surface area (Å²) in [6, 6.07) is 3.59. The maximum absolute atomic E-state index is 13.2. The lowest BCUT2D eigenvalue weighted by molar-refractivity contribution is -0.120. The van der Waals surface area contributed by atoms with Crippen molar-refractivity contribution in [2.45, 2.75) is 32.1 Å². The molecule has 0 amide bonds. The van der Waals surface area contributed by atoms with Crippen molar-refractivity contribution in [1.82, 2.24) is 0 Å². The molecule has 0 radical (unpaired) electrons. The van der Waals surface area contributed by atoms with Crippen molar-refractivity contribution >= 4 is 5.78 Å². The van der Waals surface area contributed by atoms with Gasteiger partial charge in [-0.2, -0.15) is 0 Å². The van der Waals surface area contributed by atoms with E-state index in [4.69, 9.17) is 0 Å². The van der Waals surface area contributed by atoms with Crippen LogP contribution >= 0.6 is 0 Å². The molecule has 0 aromatic heterocycles. The highest BCUT2D eigenvalue weighted by molar-refractivity contribution is 5.83. The van der Waals surface area contributed by atoms with Crippen LogP contribution in [0.3, 0.4) is 0 Å². The molecule has 1 saturated carbocycles. The molecule has 3 heteroatoms. The first kappa shape index (κ1) is 11.2. The summed E-state index contributed by atoms with van der Waals surface area (Å²) in [6.45, 7) is 0. The van der Waals surface area contributed by atoms with E-state index in [1.165, 1.54) is 12.1 Å². The first-order chi connectivity index (χ1) is 7.66. The average molecular weight is 224 g/mol. The largest absolute Gasteiger partial charge is 0.299 e. The number of hydrogen-bond acceptors (Lipinski definition) is 1. The molecule has 86 valence electrons. The van der Waals surface area contributed by atoms with Gasteiger partial charge in [-0.3, -0.25) is 4.79 Å². The van der Waals surface area contributed by atoms with Crippen LogP contribution in [0.1, 0.15) is 31.2 Å².